The highest BCUT2D eigenvalue weighted by atomic mass is 127. The molecule has 2 aromatic heterocycles. The number of phenolic OH excluding ortho intramolecular Hbond substituents is 1. The van der Waals surface area contributed by atoms with Gasteiger partial charge >= 0.3 is 0 Å². The number of aromatic nitrogens is 2. The first kappa shape index (κ1) is 26.8. The number of phenols is 1. The predicted molar refractivity (Wildman–Crippen MR) is 136 cm³/mol. The lowest BCUT2D eigenvalue weighted by Gasteiger charge is -2.04. The standard InChI is InChI=1S/C30H25N2O.2HI/c1-31-19-17-23(26-7-3-5-9-28(26)31)13-11-22-12-16-30(33)25(21-22)15-14-24-18-20-32(2)29-10-6-4-8-27(24)29;;/h3-21H,1-2H3;2*1H/q+1;;/p-1. The monoisotopic (exact) mass is 684 g/mol. The quantitative estimate of drug-likeness (QED) is 0.205. The highest BCUT2D eigenvalue weighted by Crippen LogP contribution is 2.25. The van der Waals surface area contributed by atoms with Crippen molar-refractivity contribution in [2.45, 2.75) is 0 Å². The third-order valence-corrected chi connectivity index (χ3v) is 6.09. The Morgan fingerprint density at radius 3 is 1.63 bits per heavy atom. The summed E-state index contributed by atoms with van der Waals surface area (Å²) < 4.78 is 4.24. The molecule has 1 N–H and O–H groups in total. The van der Waals surface area contributed by atoms with Crippen LogP contribution in [-0.4, -0.2) is 5.11 Å². The summed E-state index contributed by atoms with van der Waals surface area (Å²) in [4.78, 5) is 0. The maximum absolute atomic E-state index is 10.4. The smallest absolute Gasteiger partial charge is 0.212 e. The zero-order valence-electron chi connectivity index (χ0n) is 19.6. The molecule has 0 bridgehead atoms. The fourth-order valence-corrected chi connectivity index (χ4v) is 4.24. The number of hydrogen-bond acceptors (Lipinski definition) is 1. The zero-order chi connectivity index (χ0) is 22.8. The molecular formula is C30H26I2N2O. The van der Waals surface area contributed by atoms with E-state index in [1.54, 1.807) is 6.07 Å². The van der Waals surface area contributed by atoms with Gasteiger partial charge in [0.2, 0.25) is 11.0 Å². The van der Waals surface area contributed by atoms with Crippen molar-refractivity contribution in [1.29, 1.82) is 0 Å². The van der Waals surface area contributed by atoms with Crippen LogP contribution in [0.2, 0.25) is 0 Å². The molecule has 0 spiro atoms. The second-order valence-electron chi connectivity index (χ2n) is 8.28. The van der Waals surface area contributed by atoms with Gasteiger partial charge in [0, 0.05) is 29.8 Å². The average Bonchev–Trinajstić information content (AvgIpc) is 2.85. The molecule has 0 atom stereocenters. The van der Waals surface area contributed by atoms with Crippen LogP contribution in [0.25, 0.3) is 46.1 Å². The van der Waals surface area contributed by atoms with Crippen molar-refractivity contribution in [2.24, 2.45) is 14.1 Å². The lowest BCUT2D eigenvalue weighted by molar-refractivity contribution is -0.645. The SMILES string of the molecule is C[n+]1ccc(/C=C/c2ccc(O)c(/C=C/c3cc[n+](C)c4ccccc34)c2)c2ccccc21.[I-].[I-]. The molecule has 0 fully saturated rings. The number of para-hydroxylation sites is 2. The summed E-state index contributed by atoms with van der Waals surface area (Å²) >= 11 is 0. The van der Waals surface area contributed by atoms with Gasteiger partial charge in [0.25, 0.3) is 0 Å². The van der Waals surface area contributed by atoms with Gasteiger partial charge in [-0.15, -0.1) is 0 Å². The van der Waals surface area contributed by atoms with Gasteiger partial charge in [0.05, 0.1) is 10.8 Å². The van der Waals surface area contributed by atoms with E-state index in [2.05, 4.69) is 101 Å². The Labute approximate surface area is 240 Å². The van der Waals surface area contributed by atoms with Crippen LogP contribution in [0.3, 0.4) is 0 Å². The first-order valence-corrected chi connectivity index (χ1v) is 11.0. The Kier molecular flexibility index (Phi) is 9.02. The molecule has 5 rings (SSSR count). The minimum Gasteiger partial charge on any atom is -1.00 e. The Morgan fingerprint density at radius 1 is 0.571 bits per heavy atom. The second-order valence-corrected chi connectivity index (χ2v) is 8.28. The summed E-state index contributed by atoms with van der Waals surface area (Å²) in [7, 11) is 4.11. The molecule has 3 aromatic carbocycles. The van der Waals surface area contributed by atoms with Crippen LogP contribution in [0.1, 0.15) is 22.3 Å². The van der Waals surface area contributed by atoms with Crippen LogP contribution in [0.5, 0.6) is 5.75 Å². The molecule has 0 unspecified atom stereocenters. The Balaban J connectivity index is 0.00000171. The molecule has 0 aliphatic rings. The molecular weight excluding hydrogens is 658 g/mol. The molecule has 0 saturated heterocycles. The van der Waals surface area contributed by atoms with Gasteiger partial charge < -0.3 is 53.1 Å². The fourth-order valence-electron chi connectivity index (χ4n) is 4.24. The third kappa shape index (κ3) is 5.73. The van der Waals surface area contributed by atoms with E-state index in [1.165, 1.54) is 21.8 Å². The van der Waals surface area contributed by atoms with Gasteiger partial charge in [-0.3, -0.25) is 0 Å². The van der Waals surface area contributed by atoms with E-state index in [-0.39, 0.29) is 53.7 Å². The summed E-state index contributed by atoms with van der Waals surface area (Å²) in [6.07, 6.45) is 12.4. The summed E-state index contributed by atoms with van der Waals surface area (Å²) in [6, 6.07) is 26.7. The second kappa shape index (κ2) is 11.8. The molecule has 5 aromatic rings. The highest BCUT2D eigenvalue weighted by molar-refractivity contribution is 5.90. The number of hydrogen-bond donors (Lipinski definition) is 1. The number of halogens is 2. The Bertz CT molecular complexity index is 1560. The summed E-state index contributed by atoms with van der Waals surface area (Å²) in [5.41, 5.74) is 6.47. The lowest BCUT2D eigenvalue weighted by Crippen LogP contribution is -3.00. The van der Waals surface area contributed by atoms with Crippen molar-refractivity contribution >= 4 is 46.1 Å². The van der Waals surface area contributed by atoms with Crippen LogP contribution in [0, 0.1) is 0 Å². The molecule has 2 heterocycles. The average molecular weight is 684 g/mol. The number of aromatic hydroxyl groups is 1. The number of nitrogens with zero attached hydrogens (tertiary/aromatic N) is 2. The van der Waals surface area contributed by atoms with Crippen LogP contribution >= 0.6 is 0 Å². The normalized spacial score (nSPS) is 11.1. The molecule has 0 radical (unpaired) electrons. The molecule has 5 heteroatoms. The number of fused-ring (bicyclic) bond motifs is 2. The van der Waals surface area contributed by atoms with E-state index >= 15 is 0 Å². The van der Waals surface area contributed by atoms with Crippen molar-refractivity contribution in [3.8, 4) is 5.75 Å². The van der Waals surface area contributed by atoms with Crippen LogP contribution < -0.4 is 57.1 Å². The first-order valence-electron chi connectivity index (χ1n) is 11.0. The zero-order valence-corrected chi connectivity index (χ0v) is 23.9. The number of rotatable bonds is 4. The van der Waals surface area contributed by atoms with Crippen LogP contribution in [0.4, 0.5) is 0 Å². The Hall–Kier alpha value is -2.78. The minimum absolute atomic E-state index is 0. The van der Waals surface area contributed by atoms with Gasteiger partial charge in [-0.05, 0) is 41.0 Å². The van der Waals surface area contributed by atoms with Gasteiger partial charge in [-0.1, -0.05) is 54.6 Å². The fraction of sp³-hybridized carbons (Fsp3) is 0.0667. The maximum Gasteiger partial charge on any atom is 0.212 e. The maximum atomic E-state index is 10.4. The molecule has 0 amide bonds. The van der Waals surface area contributed by atoms with Crippen molar-refractivity contribution in [1.82, 2.24) is 0 Å². The van der Waals surface area contributed by atoms with Crippen molar-refractivity contribution < 1.29 is 62.2 Å². The molecule has 35 heavy (non-hydrogen) atoms. The topological polar surface area (TPSA) is 28.0 Å². The van der Waals surface area contributed by atoms with E-state index < -0.39 is 0 Å². The molecule has 0 aliphatic heterocycles. The van der Waals surface area contributed by atoms with Crippen LogP contribution in [-0.2, 0) is 14.1 Å². The van der Waals surface area contributed by atoms with Crippen molar-refractivity contribution in [3.63, 3.8) is 0 Å². The van der Waals surface area contributed by atoms with Gasteiger partial charge in [0.1, 0.15) is 19.8 Å². The number of aryl methyl sites for hydroxylation is 2. The van der Waals surface area contributed by atoms with E-state index in [0.29, 0.717) is 0 Å². The van der Waals surface area contributed by atoms with Crippen molar-refractivity contribution in [3.05, 3.63) is 114 Å². The van der Waals surface area contributed by atoms with Gasteiger partial charge in [0.15, 0.2) is 12.4 Å². The third-order valence-electron chi connectivity index (χ3n) is 6.09. The molecule has 0 saturated carbocycles. The van der Waals surface area contributed by atoms with Crippen molar-refractivity contribution in [2.75, 3.05) is 0 Å². The summed E-state index contributed by atoms with van der Waals surface area (Å²) in [5.74, 6) is 0.270. The van der Waals surface area contributed by atoms with Crippen LogP contribution in [0.15, 0.2) is 91.3 Å². The van der Waals surface area contributed by atoms with Gasteiger partial charge in [-0.2, -0.15) is 0 Å². The van der Waals surface area contributed by atoms with Gasteiger partial charge in [-0.25, -0.2) is 9.13 Å². The number of pyridine rings is 2. The molecule has 0 aliphatic carbocycles. The van der Waals surface area contributed by atoms with E-state index in [4.69, 9.17) is 0 Å². The minimum atomic E-state index is 0. The predicted octanol–water partition coefficient (Wildman–Crippen LogP) is -0.304. The number of benzene rings is 3. The van der Waals surface area contributed by atoms with E-state index in [9.17, 15) is 5.11 Å². The first-order chi connectivity index (χ1) is 16.1. The van der Waals surface area contributed by atoms with E-state index in [1.807, 2.05) is 31.3 Å². The highest BCUT2D eigenvalue weighted by Gasteiger charge is 2.08. The largest absolute Gasteiger partial charge is 1.00 e. The summed E-state index contributed by atoms with van der Waals surface area (Å²) in [5, 5.41) is 12.8. The molecule has 176 valence electrons. The van der Waals surface area contributed by atoms with E-state index in [0.717, 1.165) is 22.3 Å². The summed E-state index contributed by atoms with van der Waals surface area (Å²) in [6.45, 7) is 0. The molecule has 3 nitrogen and oxygen atoms in total. The Morgan fingerprint density at radius 2 is 1.06 bits per heavy atom. The lowest BCUT2D eigenvalue weighted by atomic mass is 10.0.